The number of hydrogen-bond acceptors (Lipinski definition) is 6. The van der Waals surface area contributed by atoms with Gasteiger partial charge in [0.1, 0.15) is 18.8 Å². The number of amides is 1. The highest BCUT2D eigenvalue weighted by molar-refractivity contribution is 7.09. The first-order chi connectivity index (χ1) is 11.1. The standard InChI is InChI=1S/C15H14N2O5S/c1-16(9-10-3-2-6-23-10)15(18)11-7-13-14(22-5-4-21-13)8-12(11)17(19)20/h2-3,6-8H,4-5,9H2,1H3. The van der Waals surface area contributed by atoms with E-state index in [9.17, 15) is 14.9 Å². The molecule has 1 aliphatic rings. The molecule has 2 heterocycles. The van der Waals surface area contributed by atoms with Gasteiger partial charge in [-0.15, -0.1) is 11.3 Å². The van der Waals surface area contributed by atoms with Crippen LogP contribution in [-0.2, 0) is 6.54 Å². The molecule has 1 aromatic heterocycles. The number of carbonyl (C=O) groups excluding carboxylic acids is 1. The van der Waals surface area contributed by atoms with Crippen LogP contribution in [0.2, 0.25) is 0 Å². The highest BCUT2D eigenvalue weighted by atomic mass is 32.1. The van der Waals surface area contributed by atoms with Gasteiger partial charge in [0.25, 0.3) is 11.6 Å². The average molecular weight is 334 g/mol. The number of nitrogens with zero attached hydrogens (tertiary/aromatic N) is 2. The molecule has 3 rings (SSSR count). The van der Waals surface area contributed by atoms with Crippen molar-refractivity contribution in [3.8, 4) is 11.5 Å². The van der Waals surface area contributed by atoms with Crippen molar-refractivity contribution in [1.29, 1.82) is 0 Å². The zero-order valence-electron chi connectivity index (χ0n) is 12.4. The molecule has 2 aromatic rings. The van der Waals surface area contributed by atoms with E-state index in [4.69, 9.17) is 9.47 Å². The normalized spacial score (nSPS) is 12.7. The van der Waals surface area contributed by atoms with Gasteiger partial charge in [0.05, 0.1) is 17.5 Å². The zero-order chi connectivity index (χ0) is 16.4. The van der Waals surface area contributed by atoms with Gasteiger partial charge in [-0.2, -0.15) is 0 Å². The van der Waals surface area contributed by atoms with Crippen LogP contribution in [0, 0.1) is 10.1 Å². The molecule has 0 atom stereocenters. The molecule has 0 radical (unpaired) electrons. The molecule has 0 unspecified atom stereocenters. The summed E-state index contributed by atoms with van der Waals surface area (Å²) in [6.45, 7) is 1.07. The summed E-state index contributed by atoms with van der Waals surface area (Å²) in [6.07, 6.45) is 0. The smallest absolute Gasteiger partial charge is 0.286 e. The van der Waals surface area contributed by atoms with Crippen molar-refractivity contribution >= 4 is 22.9 Å². The molecule has 8 heteroatoms. The summed E-state index contributed by atoms with van der Waals surface area (Å²) in [5, 5.41) is 13.2. The Labute approximate surface area is 136 Å². The molecule has 1 aliphatic heterocycles. The van der Waals surface area contributed by atoms with Crippen molar-refractivity contribution < 1.29 is 19.2 Å². The lowest BCUT2D eigenvalue weighted by atomic mass is 10.1. The summed E-state index contributed by atoms with van der Waals surface area (Å²) in [4.78, 5) is 25.8. The number of ether oxygens (including phenoxy) is 2. The van der Waals surface area contributed by atoms with Crippen molar-refractivity contribution in [1.82, 2.24) is 4.90 Å². The van der Waals surface area contributed by atoms with E-state index in [1.165, 1.54) is 28.4 Å². The Morgan fingerprint density at radius 1 is 1.35 bits per heavy atom. The molecule has 1 aromatic carbocycles. The number of carbonyl (C=O) groups is 1. The predicted octanol–water partition coefficient (Wildman–Crippen LogP) is 2.70. The second kappa shape index (κ2) is 6.25. The van der Waals surface area contributed by atoms with Crippen molar-refractivity contribution in [2.75, 3.05) is 20.3 Å². The highest BCUT2D eigenvalue weighted by Crippen LogP contribution is 2.37. The summed E-state index contributed by atoms with van der Waals surface area (Å²) in [7, 11) is 1.61. The summed E-state index contributed by atoms with van der Waals surface area (Å²) in [5.74, 6) is 0.220. The number of hydrogen-bond donors (Lipinski definition) is 0. The Hall–Kier alpha value is -2.61. The molecule has 0 saturated carbocycles. The highest BCUT2D eigenvalue weighted by Gasteiger charge is 2.28. The lowest BCUT2D eigenvalue weighted by molar-refractivity contribution is -0.385. The van der Waals surface area contributed by atoms with E-state index in [-0.39, 0.29) is 11.3 Å². The van der Waals surface area contributed by atoms with E-state index in [1.807, 2.05) is 17.5 Å². The minimum Gasteiger partial charge on any atom is -0.486 e. The molecule has 0 saturated heterocycles. The number of nitro benzene ring substituents is 1. The van der Waals surface area contributed by atoms with Crippen LogP contribution in [0.1, 0.15) is 15.2 Å². The molecule has 0 N–H and O–H groups in total. The van der Waals surface area contributed by atoms with Gasteiger partial charge in [-0.1, -0.05) is 6.07 Å². The number of nitro groups is 1. The SMILES string of the molecule is CN(Cc1cccs1)C(=O)c1cc2c(cc1[N+](=O)[O-])OCCO2. The fourth-order valence-electron chi connectivity index (χ4n) is 2.31. The lowest BCUT2D eigenvalue weighted by Gasteiger charge is -2.20. The van der Waals surface area contributed by atoms with E-state index in [2.05, 4.69) is 0 Å². The van der Waals surface area contributed by atoms with Crippen molar-refractivity contribution in [2.45, 2.75) is 6.54 Å². The van der Waals surface area contributed by atoms with Gasteiger partial charge in [-0.3, -0.25) is 14.9 Å². The fraction of sp³-hybridized carbons (Fsp3) is 0.267. The lowest BCUT2D eigenvalue weighted by Crippen LogP contribution is -2.27. The third-order valence-electron chi connectivity index (χ3n) is 3.41. The van der Waals surface area contributed by atoms with Crippen LogP contribution in [0.3, 0.4) is 0 Å². The van der Waals surface area contributed by atoms with Crippen LogP contribution in [0.25, 0.3) is 0 Å². The maximum absolute atomic E-state index is 12.6. The molecule has 0 fully saturated rings. The van der Waals surface area contributed by atoms with Gasteiger partial charge in [-0.25, -0.2) is 0 Å². The van der Waals surface area contributed by atoms with Crippen LogP contribution in [0.5, 0.6) is 11.5 Å². The molecular weight excluding hydrogens is 320 g/mol. The van der Waals surface area contributed by atoms with Crippen LogP contribution >= 0.6 is 11.3 Å². The van der Waals surface area contributed by atoms with Crippen LogP contribution < -0.4 is 9.47 Å². The number of thiophene rings is 1. The number of benzene rings is 1. The Balaban J connectivity index is 1.93. The maximum atomic E-state index is 12.6. The first kappa shape index (κ1) is 15.3. The second-order valence-corrected chi connectivity index (χ2v) is 6.04. The third-order valence-corrected chi connectivity index (χ3v) is 4.27. The summed E-state index contributed by atoms with van der Waals surface area (Å²) < 4.78 is 10.8. The Morgan fingerprint density at radius 2 is 2.04 bits per heavy atom. The maximum Gasteiger partial charge on any atom is 0.286 e. The predicted molar refractivity (Wildman–Crippen MR) is 84.2 cm³/mol. The zero-order valence-corrected chi connectivity index (χ0v) is 13.2. The van der Waals surface area contributed by atoms with E-state index in [0.29, 0.717) is 31.3 Å². The first-order valence-corrected chi connectivity index (χ1v) is 7.80. The van der Waals surface area contributed by atoms with E-state index in [0.717, 1.165) is 4.88 Å². The Bertz CT molecular complexity index is 745. The van der Waals surface area contributed by atoms with Crippen molar-refractivity contribution in [3.05, 3.63) is 50.2 Å². The summed E-state index contributed by atoms with van der Waals surface area (Å²) >= 11 is 1.52. The molecule has 1 amide bonds. The Morgan fingerprint density at radius 3 is 2.65 bits per heavy atom. The van der Waals surface area contributed by atoms with Gasteiger partial charge < -0.3 is 14.4 Å². The van der Waals surface area contributed by atoms with Crippen LogP contribution in [0.15, 0.2) is 29.6 Å². The molecule has 120 valence electrons. The molecule has 0 aliphatic carbocycles. The van der Waals surface area contributed by atoms with E-state index < -0.39 is 10.8 Å². The molecule has 7 nitrogen and oxygen atoms in total. The van der Waals surface area contributed by atoms with Crippen molar-refractivity contribution in [2.24, 2.45) is 0 Å². The topological polar surface area (TPSA) is 81.9 Å². The van der Waals surface area contributed by atoms with Crippen LogP contribution in [-0.4, -0.2) is 36.0 Å². The van der Waals surface area contributed by atoms with E-state index in [1.54, 1.807) is 7.05 Å². The molecule has 0 bridgehead atoms. The Kier molecular flexibility index (Phi) is 4.16. The molecule has 23 heavy (non-hydrogen) atoms. The van der Waals surface area contributed by atoms with Gasteiger partial charge in [0.2, 0.25) is 0 Å². The van der Waals surface area contributed by atoms with Gasteiger partial charge in [-0.05, 0) is 11.4 Å². The van der Waals surface area contributed by atoms with Crippen LogP contribution in [0.4, 0.5) is 5.69 Å². The van der Waals surface area contributed by atoms with Gasteiger partial charge >= 0.3 is 0 Å². The van der Waals surface area contributed by atoms with E-state index >= 15 is 0 Å². The summed E-state index contributed by atoms with van der Waals surface area (Å²) in [6, 6.07) is 6.44. The fourth-order valence-corrected chi connectivity index (χ4v) is 3.07. The van der Waals surface area contributed by atoms with Crippen molar-refractivity contribution in [3.63, 3.8) is 0 Å². The average Bonchev–Trinajstić information content (AvgIpc) is 3.05. The first-order valence-electron chi connectivity index (χ1n) is 6.92. The third kappa shape index (κ3) is 3.11. The molecular formula is C15H14N2O5S. The summed E-state index contributed by atoms with van der Waals surface area (Å²) in [5.41, 5.74) is -0.282. The minimum atomic E-state index is -0.579. The number of rotatable bonds is 4. The monoisotopic (exact) mass is 334 g/mol. The minimum absolute atomic E-state index is 0.00157. The number of fused-ring (bicyclic) bond motifs is 1. The largest absolute Gasteiger partial charge is 0.486 e. The second-order valence-electron chi connectivity index (χ2n) is 5.01. The van der Waals surface area contributed by atoms with Gasteiger partial charge in [0.15, 0.2) is 11.5 Å². The van der Waals surface area contributed by atoms with Gasteiger partial charge in [0, 0.05) is 18.0 Å². The quantitative estimate of drug-likeness (QED) is 0.634. The molecule has 0 spiro atoms.